The predicted octanol–water partition coefficient (Wildman–Crippen LogP) is 3.95. The molecule has 3 unspecified atom stereocenters. The van der Waals surface area contributed by atoms with Crippen molar-refractivity contribution in [3.05, 3.63) is 57.7 Å². The van der Waals surface area contributed by atoms with Crippen LogP contribution in [0.25, 0.3) is 11.2 Å². The summed E-state index contributed by atoms with van der Waals surface area (Å²) in [5, 5.41) is 8.92. The number of hydrogen-bond donors (Lipinski definition) is 2. The van der Waals surface area contributed by atoms with Gasteiger partial charge in [0.15, 0.2) is 11.2 Å². The monoisotopic (exact) mass is 446 g/mol. The summed E-state index contributed by atoms with van der Waals surface area (Å²) in [6.45, 7) is 2.84. The second kappa shape index (κ2) is 7.30. The fourth-order valence-electron chi connectivity index (χ4n) is 6.35. The number of aryl methyl sites for hydroxylation is 1. The van der Waals surface area contributed by atoms with E-state index in [1.807, 2.05) is 0 Å². The standard InChI is InChI=1S/C25H26N4O4/c1-2-7-29-20-21(26-23(29)25-12-15-8-16(13-25)10-17(25)9-15)27-24(28-22(20)32)33-18-5-3-14(4-6-18)11-19(30)31/h3-6,9,15-16H,2,7-8,10-13H2,1H3,(H,30,31)(H,27,28,32). The Kier molecular flexibility index (Phi) is 4.47. The van der Waals surface area contributed by atoms with Crippen LogP contribution in [-0.2, 0) is 23.2 Å². The van der Waals surface area contributed by atoms with Gasteiger partial charge in [-0.25, -0.2) is 4.98 Å². The van der Waals surface area contributed by atoms with Crippen LogP contribution in [0, 0.1) is 11.8 Å². The van der Waals surface area contributed by atoms with Crippen LogP contribution in [0.15, 0.2) is 40.7 Å². The number of nitrogens with one attached hydrogen (secondary N) is 1. The van der Waals surface area contributed by atoms with Gasteiger partial charge in [0.25, 0.3) is 5.56 Å². The molecule has 2 heterocycles. The molecule has 170 valence electrons. The third kappa shape index (κ3) is 3.19. The fourth-order valence-corrected chi connectivity index (χ4v) is 6.35. The van der Waals surface area contributed by atoms with Gasteiger partial charge in [0.1, 0.15) is 11.6 Å². The average Bonchev–Trinajstić information content (AvgIpc) is 3.34. The van der Waals surface area contributed by atoms with Crippen LogP contribution in [-0.4, -0.2) is 30.6 Å². The van der Waals surface area contributed by atoms with E-state index in [1.54, 1.807) is 24.3 Å². The molecule has 4 aliphatic carbocycles. The lowest BCUT2D eigenvalue weighted by Crippen LogP contribution is -2.31. The van der Waals surface area contributed by atoms with Gasteiger partial charge in [0, 0.05) is 6.54 Å². The van der Waals surface area contributed by atoms with Gasteiger partial charge in [-0.1, -0.05) is 30.7 Å². The number of aromatic amines is 1. The number of ether oxygens (including phenoxy) is 1. The van der Waals surface area contributed by atoms with E-state index in [9.17, 15) is 9.59 Å². The first-order valence-corrected chi connectivity index (χ1v) is 11.7. The van der Waals surface area contributed by atoms with Crippen molar-refractivity contribution in [3.8, 4) is 11.8 Å². The van der Waals surface area contributed by atoms with E-state index in [2.05, 4.69) is 27.5 Å². The fraction of sp³-hybridized carbons (Fsp3) is 0.440. The first kappa shape index (κ1) is 20.2. The first-order chi connectivity index (χ1) is 15.9. The molecule has 8 heteroatoms. The van der Waals surface area contributed by atoms with Crippen molar-refractivity contribution >= 4 is 17.1 Å². The number of carboxylic acid groups (broad SMARTS) is 1. The molecule has 2 saturated carbocycles. The first-order valence-electron chi connectivity index (χ1n) is 11.7. The molecule has 33 heavy (non-hydrogen) atoms. The third-order valence-electron chi connectivity index (χ3n) is 7.40. The van der Waals surface area contributed by atoms with Crippen LogP contribution in [0.5, 0.6) is 11.8 Å². The average molecular weight is 447 g/mol. The minimum absolute atomic E-state index is 0.0448. The zero-order valence-electron chi connectivity index (χ0n) is 18.5. The Morgan fingerprint density at radius 1 is 1.27 bits per heavy atom. The number of fused-ring (bicyclic) bond motifs is 1. The molecule has 3 atom stereocenters. The summed E-state index contributed by atoms with van der Waals surface area (Å²) >= 11 is 0. The molecular weight excluding hydrogens is 420 g/mol. The maximum absolute atomic E-state index is 13.1. The highest BCUT2D eigenvalue weighted by molar-refractivity contribution is 5.72. The number of aliphatic carboxylic acids is 1. The van der Waals surface area contributed by atoms with E-state index >= 15 is 0 Å². The number of aromatic nitrogens is 4. The Morgan fingerprint density at radius 2 is 2.09 bits per heavy atom. The highest BCUT2D eigenvalue weighted by Gasteiger charge is 2.56. The summed E-state index contributed by atoms with van der Waals surface area (Å²) < 4.78 is 7.89. The van der Waals surface area contributed by atoms with Crippen LogP contribution in [0.2, 0.25) is 0 Å². The molecule has 4 bridgehead atoms. The number of carbonyl (C=O) groups is 1. The third-order valence-corrected chi connectivity index (χ3v) is 7.40. The summed E-state index contributed by atoms with van der Waals surface area (Å²) in [5.41, 5.74) is 2.80. The van der Waals surface area contributed by atoms with E-state index in [4.69, 9.17) is 14.8 Å². The van der Waals surface area contributed by atoms with Crippen molar-refractivity contribution < 1.29 is 14.6 Å². The predicted molar refractivity (Wildman–Crippen MR) is 122 cm³/mol. The van der Waals surface area contributed by atoms with E-state index < -0.39 is 5.97 Å². The van der Waals surface area contributed by atoms with Gasteiger partial charge < -0.3 is 14.4 Å². The zero-order valence-corrected chi connectivity index (χ0v) is 18.5. The van der Waals surface area contributed by atoms with Crippen molar-refractivity contribution in [3.63, 3.8) is 0 Å². The minimum atomic E-state index is -0.891. The maximum Gasteiger partial charge on any atom is 0.307 e. The van der Waals surface area contributed by atoms with Crippen LogP contribution >= 0.6 is 0 Å². The van der Waals surface area contributed by atoms with Gasteiger partial charge in [-0.05, 0) is 61.6 Å². The van der Waals surface area contributed by atoms with Crippen LogP contribution < -0.4 is 10.3 Å². The molecule has 2 fully saturated rings. The second-order valence-electron chi connectivity index (χ2n) is 9.70. The number of allylic oxidation sites excluding steroid dienone is 2. The lowest BCUT2D eigenvalue weighted by Gasteiger charge is -2.32. The van der Waals surface area contributed by atoms with E-state index in [1.165, 1.54) is 12.0 Å². The molecule has 0 aliphatic heterocycles. The Balaban J connectivity index is 1.38. The second-order valence-corrected chi connectivity index (χ2v) is 9.70. The molecule has 4 aliphatic rings. The Bertz CT molecular complexity index is 1350. The summed E-state index contributed by atoms with van der Waals surface area (Å²) in [7, 11) is 0. The highest BCUT2D eigenvalue weighted by atomic mass is 16.5. The number of hydrogen-bond acceptors (Lipinski definition) is 5. The van der Waals surface area contributed by atoms with Crippen LogP contribution in [0.3, 0.4) is 0 Å². The molecule has 0 radical (unpaired) electrons. The summed E-state index contributed by atoms with van der Waals surface area (Å²) in [6, 6.07) is 6.80. The molecule has 0 amide bonds. The van der Waals surface area contributed by atoms with Crippen LogP contribution in [0.1, 0.15) is 50.4 Å². The van der Waals surface area contributed by atoms with Crippen molar-refractivity contribution in [1.82, 2.24) is 19.5 Å². The lowest BCUT2D eigenvalue weighted by atomic mass is 9.74. The topological polar surface area (TPSA) is 110 Å². The molecule has 8 nitrogen and oxygen atoms in total. The summed E-state index contributed by atoms with van der Waals surface area (Å²) in [4.78, 5) is 36.3. The van der Waals surface area contributed by atoms with Crippen molar-refractivity contribution in [2.75, 3.05) is 0 Å². The molecule has 7 rings (SSSR count). The van der Waals surface area contributed by atoms with E-state index in [0.29, 0.717) is 28.4 Å². The summed E-state index contributed by atoms with van der Waals surface area (Å²) in [5.74, 6) is 1.93. The molecule has 3 aromatic rings. The highest BCUT2D eigenvalue weighted by Crippen LogP contribution is 2.62. The molecule has 0 saturated heterocycles. The number of benzene rings is 1. The summed E-state index contributed by atoms with van der Waals surface area (Å²) in [6.07, 6.45) is 7.95. The van der Waals surface area contributed by atoms with Crippen molar-refractivity contribution in [2.45, 2.75) is 57.4 Å². The maximum atomic E-state index is 13.1. The van der Waals surface area contributed by atoms with E-state index in [0.717, 1.165) is 44.0 Å². The number of nitrogens with zero attached hydrogens (tertiary/aromatic N) is 3. The van der Waals surface area contributed by atoms with Gasteiger partial charge in [-0.15, -0.1) is 0 Å². The Labute approximate surface area is 190 Å². The van der Waals surface area contributed by atoms with Crippen molar-refractivity contribution in [1.29, 1.82) is 0 Å². The molecular formula is C25H26N4O4. The molecule has 0 spiro atoms. The van der Waals surface area contributed by atoms with Crippen LogP contribution in [0.4, 0.5) is 0 Å². The quantitative estimate of drug-likeness (QED) is 0.532. The van der Waals surface area contributed by atoms with Gasteiger partial charge in [-0.3, -0.25) is 14.6 Å². The van der Waals surface area contributed by atoms with Gasteiger partial charge in [-0.2, -0.15) is 4.98 Å². The normalized spacial score (nSPS) is 25.1. The zero-order chi connectivity index (χ0) is 22.7. The minimum Gasteiger partial charge on any atom is -0.481 e. The van der Waals surface area contributed by atoms with E-state index in [-0.39, 0.29) is 23.4 Å². The number of carboxylic acids is 1. The number of rotatable bonds is 7. The molecule has 2 N–H and O–H groups in total. The SMILES string of the molecule is CCCn1c(C23CC4C=C2CC(C4)C3)nc2nc(Oc3ccc(CC(=O)O)cc3)[nH]c(=O)c21. The molecule has 2 aromatic heterocycles. The Hall–Kier alpha value is -3.42. The lowest BCUT2D eigenvalue weighted by molar-refractivity contribution is -0.136. The smallest absolute Gasteiger partial charge is 0.307 e. The van der Waals surface area contributed by atoms with Crippen molar-refractivity contribution in [2.24, 2.45) is 11.8 Å². The number of imidazole rings is 1. The molecule has 1 aromatic carbocycles. The Morgan fingerprint density at radius 3 is 2.82 bits per heavy atom. The van der Waals surface area contributed by atoms with Gasteiger partial charge in [0.2, 0.25) is 0 Å². The number of H-pyrrole nitrogens is 1. The van der Waals surface area contributed by atoms with Gasteiger partial charge >= 0.3 is 12.0 Å². The largest absolute Gasteiger partial charge is 0.481 e. The van der Waals surface area contributed by atoms with Gasteiger partial charge in [0.05, 0.1) is 11.8 Å².